The molecule has 0 amide bonds. The number of carbonyl (C=O) groups is 2. The van der Waals surface area contributed by atoms with Crippen LogP contribution in [0.2, 0.25) is 0 Å². The number of halogens is 1. The van der Waals surface area contributed by atoms with Gasteiger partial charge in [-0.05, 0) is 37.1 Å². The summed E-state index contributed by atoms with van der Waals surface area (Å²) in [5.74, 6) is -3.55. The van der Waals surface area contributed by atoms with Crippen molar-refractivity contribution in [3.05, 3.63) is 52.6 Å². The van der Waals surface area contributed by atoms with Crippen LogP contribution in [0.3, 0.4) is 0 Å². The van der Waals surface area contributed by atoms with Crippen LogP contribution in [0.1, 0.15) is 31.8 Å². The standard InChI is InChI=1S/C15H12FNO4/c1-7-5-10(13(16)17-6-7)12-9(14(18)19)4-3-8(2)11(12)15(20)21/h3-6H,1-2H3,(H,18,19)(H,20,21). The van der Waals surface area contributed by atoms with Gasteiger partial charge in [-0.25, -0.2) is 14.6 Å². The Hall–Kier alpha value is -2.76. The van der Waals surface area contributed by atoms with E-state index in [4.69, 9.17) is 0 Å². The predicted molar refractivity (Wildman–Crippen MR) is 73.0 cm³/mol. The molecule has 0 saturated heterocycles. The number of aryl methyl sites for hydroxylation is 2. The number of benzene rings is 1. The molecule has 2 N–H and O–H groups in total. The number of nitrogens with zero attached hydrogens (tertiary/aromatic N) is 1. The molecule has 0 aliphatic rings. The van der Waals surface area contributed by atoms with E-state index in [2.05, 4.69) is 4.98 Å². The van der Waals surface area contributed by atoms with E-state index >= 15 is 0 Å². The minimum absolute atomic E-state index is 0.131. The summed E-state index contributed by atoms with van der Waals surface area (Å²) in [6.45, 7) is 3.19. The van der Waals surface area contributed by atoms with Crippen LogP contribution < -0.4 is 0 Å². The zero-order valence-electron chi connectivity index (χ0n) is 11.3. The van der Waals surface area contributed by atoms with Crippen molar-refractivity contribution >= 4 is 11.9 Å². The van der Waals surface area contributed by atoms with E-state index in [1.165, 1.54) is 31.3 Å². The van der Waals surface area contributed by atoms with Crippen LogP contribution in [0.25, 0.3) is 11.1 Å². The second-order valence-corrected chi connectivity index (χ2v) is 4.64. The summed E-state index contributed by atoms with van der Waals surface area (Å²) in [4.78, 5) is 26.3. The number of aromatic carboxylic acids is 2. The highest BCUT2D eigenvalue weighted by Gasteiger charge is 2.24. The van der Waals surface area contributed by atoms with E-state index < -0.39 is 17.9 Å². The summed E-state index contributed by atoms with van der Waals surface area (Å²) in [5.41, 5.74) is 0.145. The zero-order chi connectivity index (χ0) is 15.7. The summed E-state index contributed by atoms with van der Waals surface area (Å²) in [6.07, 6.45) is 1.29. The van der Waals surface area contributed by atoms with Gasteiger partial charge in [0.15, 0.2) is 0 Å². The molecule has 1 heterocycles. The second-order valence-electron chi connectivity index (χ2n) is 4.64. The number of pyridine rings is 1. The second kappa shape index (κ2) is 5.32. The molecule has 2 aromatic rings. The Morgan fingerprint density at radius 1 is 1.14 bits per heavy atom. The van der Waals surface area contributed by atoms with Gasteiger partial charge in [-0.2, -0.15) is 4.39 Å². The Labute approximate surface area is 119 Å². The molecule has 0 aliphatic carbocycles. The van der Waals surface area contributed by atoms with E-state index in [1.54, 1.807) is 6.92 Å². The summed E-state index contributed by atoms with van der Waals surface area (Å²) < 4.78 is 14.0. The highest BCUT2D eigenvalue weighted by atomic mass is 19.1. The van der Waals surface area contributed by atoms with Crippen LogP contribution in [-0.2, 0) is 0 Å². The number of hydrogen-bond acceptors (Lipinski definition) is 3. The SMILES string of the molecule is Cc1cnc(F)c(-c2c(C(=O)O)ccc(C)c2C(=O)O)c1. The van der Waals surface area contributed by atoms with Crippen molar-refractivity contribution in [2.75, 3.05) is 0 Å². The Balaban J connectivity index is 2.94. The maximum atomic E-state index is 14.0. The van der Waals surface area contributed by atoms with Crippen LogP contribution in [0.15, 0.2) is 24.4 Å². The first-order valence-electron chi connectivity index (χ1n) is 6.05. The molecule has 21 heavy (non-hydrogen) atoms. The van der Waals surface area contributed by atoms with Crippen LogP contribution >= 0.6 is 0 Å². The smallest absolute Gasteiger partial charge is 0.336 e. The fourth-order valence-corrected chi connectivity index (χ4v) is 2.17. The largest absolute Gasteiger partial charge is 0.478 e. The van der Waals surface area contributed by atoms with Gasteiger partial charge < -0.3 is 10.2 Å². The summed E-state index contributed by atoms with van der Waals surface area (Å²) in [6, 6.07) is 4.04. The molecular weight excluding hydrogens is 277 g/mol. The van der Waals surface area contributed by atoms with E-state index in [0.717, 1.165) is 0 Å². The molecule has 1 aromatic carbocycles. The molecule has 108 valence electrons. The van der Waals surface area contributed by atoms with Crippen LogP contribution in [0, 0.1) is 19.8 Å². The van der Waals surface area contributed by atoms with Gasteiger partial charge in [-0.1, -0.05) is 6.07 Å². The molecule has 0 spiro atoms. The third-order valence-corrected chi connectivity index (χ3v) is 3.10. The number of hydrogen-bond donors (Lipinski definition) is 2. The lowest BCUT2D eigenvalue weighted by molar-refractivity contribution is 0.0695. The number of carboxylic acid groups (broad SMARTS) is 2. The monoisotopic (exact) mass is 289 g/mol. The lowest BCUT2D eigenvalue weighted by Gasteiger charge is -2.13. The van der Waals surface area contributed by atoms with E-state index in [1.807, 2.05) is 0 Å². The van der Waals surface area contributed by atoms with E-state index in [-0.39, 0.29) is 22.3 Å². The lowest BCUT2D eigenvalue weighted by atomic mass is 9.91. The third-order valence-electron chi connectivity index (χ3n) is 3.10. The number of carboxylic acids is 2. The topological polar surface area (TPSA) is 87.5 Å². The molecule has 0 aliphatic heterocycles. The molecule has 0 bridgehead atoms. The molecule has 5 nitrogen and oxygen atoms in total. The maximum Gasteiger partial charge on any atom is 0.336 e. The molecule has 6 heteroatoms. The molecule has 0 fully saturated rings. The average molecular weight is 289 g/mol. The van der Waals surface area contributed by atoms with Crippen molar-refractivity contribution in [3.8, 4) is 11.1 Å². The van der Waals surface area contributed by atoms with Crippen LogP contribution in [0.5, 0.6) is 0 Å². The number of rotatable bonds is 3. The fourth-order valence-electron chi connectivity index (χ4n) is 2.17. The Morgan fingerprint density at radius 3 is 2.38 bits per heavy atom. The molecule has 0 atom stereocenters. The van der Waals surface area contributed by atoms with Crippen molar-refractivity contribution in [1.29, 1.82) is 0 Å². The third kappa shape index (κ3) is 2.60. The van der Waals surface area contributed by atoms with Gasteiger partial charge in [0.05, 0.1) is 11.1 Å². The van der Waals surface area contributed by atoms with Gasteiger partial charge in [0.25, 0.3) is 0 Å². The first-order chi connectivity index (χ1) is 9.82. The zero-order valence-corrected chi connectivity index (χ0v) is 11.3. The highest BCUT2D eigenvalue weighted by Crippen LogP contribution is 2.32. The van der Waals surface area contributed by atoms with Gasteiger partial charge in [0.1, 0.15) is 0 Å². The van der Waals surface area contributed by atoms with Gasteiger partial charge in [0, 0.05) is 17.3 Å². The highest BCUT2D eigenvalue weighted by molar-refractivity contribution is 6.05. The molecule has 0 unspecified atom stereocenters. The lowest BCUT2D eigenvalue weighted by Crippen LogP contribution is -2.10. The predicted octanol–water partition coefficient (Wildman–Crippen LogP) is 2.90. The van der Waals surface area contributed by atoms with Gasteiger partial charge >= 0.3 is 11.9 Å². The van der Waals surface area contributed by atoms with Crippen molar-refractivity contribution in [1.82, 2.24) is 4.98 Å². The Kier molecular flexibility index (Phi) is 3.71. The van der Waals surface area contributed by atoms with E-state index in [0.29, 0.717) is 11.1 Å². The molecule has 1 aromatic heterocycles. The average Bonchev–Trinajstić information content (AvgIpc) is 2.40. The van der Waals surface area contributed by atoms with Crippen LogP contribution in [0.4, 0.5) is 4.39 Å². The van der Waals surface area contributed by atoms with Crippen molar-refractivity contribution in [2.24, 2.45) is 0 Å². The van der Waals surface area contributed by atoms with Crippen molar-refractivity contribution in [2.45, 2.75) is 13.8 Å². The normalized spacial score (nSPS) is 10.4. The molecule has 0 radical (unpaired) electrons. The minimum Gasteiger partial charge on any atom is -0.478 e. The Bertz CT molecular complexity index is 756. The summed E-state index contributed by atoms with van der Waals surface area (Å²) in [5, 5.41) is 18.6. The first kappa shape index (κ1) is 14.6. The van der Waals surface area contributed by atoms with E-state index in [9.17, 15) is 24.2 Å². The van der Waals surface area contributed by atoms with Gasteiger partial charge in [-0.3, -0.25) is 0 Å². The molecule has 0 saturated carbocycles. The quantitative estimate of drug-likeness (QED) is 0.848. The maximum absolute atomic E-state index is 14.0. The van der Waals surface area contributed by atoms with Crippen molar-refractivity contribution in [3.63, 3.8) is 0 Å². The summed E-state index contributed by atoms with van der Waals surface area (Å²) >= 11 is 0. The fraction of sp³-hybridized carbons (Fsp3) is 0.133. The minimum atomic E-state index is -1.33. The number of aromatic nitrogens is 1. The first-order valence-corrected chi connectivity index (χ1v) is 6.05. The molecule has 2 rings (SSSR count). The molecular formula is C15H12FNO4. The van der Waals surface area contributed by atoms with Crippen LogP contribution in [-0.4, -0.2) is 27.1 Å². The van der Waals surface area contributed by atoms with Crippen molar-refractivity contribution < 1.29 is 24.2 Å². The summed E-state index contributed by atoms with van der Waals surface area (Å²) in [7, 11) is 0. The Morgan fingerprint density at radius 2 is 1.81 bits per heavy atom. The van der Waals surface area contributed by atoms with Gasteiger partial charge in [-0.15, -0.1) is 0 Å². The van der Waals surface area contributed by atoms with Gasteiger partial charge in [0.2, 0.25) is 5.95 Å².